The monoisotopic (exact) mass is 380 g/mol. The van der Waals surface area contributed by atoms with Gasteiger partial charge in [0.2, 0.25) is 11.1 Å². The third-order valence-electron chi connectivity index (χ3n) is 3.56. The smallest absolute Gasteiger partial charge is 0.387 e. The van der Waals surface area contributed by atoms with Gasteiger partial charge in [0.15, 0.2) is 11.6 Å². The van der Waals surface area contributed by atoms with Crippen LogP contribution in [0, 0.1) is 6.92 Å². The Morgan fingerprint density at radius 3 is 2.35 bits per heavy atom. The predicted octanol–water partition coefficient (Wildman–Crippen LogP) is 2.74. The summed E-state index contributed by atoms with van der Waals surface area (Å²) in [6.45, 7) is 1.48. The molecule has 26 heavy (non-hydrogen) atoms. The van der Waals surface area contributed by atoms with Crippen molar-refractivity contribution in [2.24, 2.45) is 0 Å². The molecule has 0 saturated heterocycles. The van der Waals surface area contributed by atoms with Gasteiger partial charge in [0.1, 0.15) is 5.75 Å². The Morgan fingerprint density at radius 1 is 1.15 bits per heavy atom. The second-order valence-corrected chi connectivity index (χ2v) is 6.39. The number of rotatable bonds is 4. The molecule has 2 aromatic rings. The van der Waals surface area contributed by atoms with E-state index in [-0.39, 0.29) is 17.4 Å². The first-order valence-corrected chi connectivity index (χ1v) is 8.32. The molecule has 0 radical (unpaired) electrons. The summed E-state index contributed by atoms with van der Waals surface area (Å²) in [6, 6.07) is 5.72. The maximum atomic E-state index is 12.3. The molecule has 0 fully saturated rings. The summed E-state index contributed by atoms with van der Waals surface area (Å²) in [6.07, 6.45) is 0. The Morgan fingerprint density at radius 2 is 1.81 bits per heavy atom. The number of carbonyl (C=O) groups is 2. The maximum absolute atomic E-state index is 12.3. The molecule has 0 N–H and O–H groups in total. The fourth-order valence-electron chi connectivity index (χ4n) is 2.55. The Balaban J connectivity index is 2.15. The molecule has 1 aromatic carbocycles. The first-order valence-electron chi connectivity index (χ1n) is 7.51. The number of allylic oxidation sites excluding steroid dienone is 1. The summed E-state index contributed by atoms with van der Waals surface area (Å²) in [7, 11) is 0. The van der Waals surface area contributed by atoms with Crippen molar-refractivity contribution in [1.29, 1.82) is 0 Å². The van der Waals surface area contributed by atoms with Gasteiger partial charge in [0.25, 0.3) is 0 Å². The average molecular weight is 380 g/mol. The van der Waals surface area contributed by atoms with Crippen LogP contribution in [-0.4, -0.2) is 33.2 Å². The van der Waals surface area contributed by atoms with Gasteiger partial charge in [-0.25, -0.2) is 9.69 Å². The number of nitrogens with zero attached hydrogens (tertiary/aromatic N) is 4. The lowest BCUT2D eigenvalue weighted by atomic mass is 10.1. The molecule has 0 bridgehead atoms. The number of thioether (sulfide) groups is 1. The molecule has 1 aliphatic heterocycles. The lowest BCUT2D eigenvalue weighted by molar-refractivity contribution is -0.117. The highest BCUT2D eigenvalue weighted by Crippen LogP contribution is 2.39. The molecule has 7 nitrogen and oxygen atoms in total. The number of alkyl halides is 2. The highest BCUT2D eigenvalue weighted by Gasteiger charge is 2.34. The highest BCUT2D eigenvalue weighted by molar-refractivity contribution is 8.04. The summed E-state index contributed by atoms with van der Waals surface area (Å²) in [5.41, 5.74) is 0.840. The lowest BCUT2D eigenvalue weighted by Gasteiger charge is -2.31. The van der Waals surface area contributed by atoms with Crippen LogP contribution < -0.4 is 9.75 Å². The van der Waals surface area contributed by atoms with Gasteiger partial charge in [-0.2, -0.15) is 8.78 Å². The quantitative estimate of drug-likeness (QED) is 0.812. The van der Waals surface area contributed by atoms with E-state index in [0.717, 1.165) is 11.8 Å². The molecule has 1 amide bonds. The summed E-state index contributed by atoms with van der Waals surface area (Å²) in [4.78, 5) is 24.8. The minimum absolute atomic E-state index is 0.0206. The van der Waals surface area contributed by atoms with Crippen LogP contribution in [0.5, 0.6) is 5.75 Å². The standard InChI is InChI=1S/C16H14F2N4O3S/c1-8(23)14-13(11-4-6-12(7-5-11)25-15(17)18)22(10(3)24)21-9(2)19-20-16(21)26-14/h4-7,15H,1-3H3. The molecule has 2 heterocycles. The van der Waals surface area contributed by atoms with Gasteiger partial charge in [0, 0.05) is 12.5 Å². The van der Waals surface area contributed by atoms with Crippen molar-refractivity contribution in [3.8, 4) is 5.75 Å². The molecule has 136 valence electrons. The second kappa shape index (κ2) is 6.87. The van der Waals surface area contributed by atoms with Crippen LogP contribution in [0.2, 0.25) is 0 Å². The number of carbonyl (C=O) groups excluding carboxylic acids is 2. The largest absolute Gasteiger partial charge is 0.435 e. The van der Waals surface area contributed by atoms with Gasteiger partial charge in [-0.05, 0) is 49.9 Å². The van der Waals surface area contributed by atoms with Gasteiger partial charge >= 0.3 is 6.61 Å². The molecule has 1 aliphatic rings. The molecule has 10 heteroatoms. The molecular formula is C16H14F2N4O3S. The van der Waals surface area contributed by atoms with E-state index in [2.05, 4.69) is 14.9 Å². The van der Waals surface area contributed by atoms with Crippen molar-refractivity contribution in [1.82, 2.24) is 14.9 Å². The highest BCUT2D eigenvalue weighted by atomic mass is 32.2. The number of hydrogen-bond donors (Lipinski definition) is 0. The molecule has 0 spiro atoms. The average Bonchev–Trinajstić information content (AvgIpc) is 2.94. The topological polar surface area (TPSA) is 77.3 Å². The van der Waals surface area contributed by atoms with Gasteiger partial charge in [-0.1, -0.05) is 0 Å². The van der Waals surface area contributed by atoms with Gasteiger partial charge in [0.05, 0.1) is 10.6 Å². The minimum Gasteiger partial charge on any atom is -0.435 e. The first-order chi connectivity index (χ1) is 12.3. The fraction of sp³-hybridized carbons (Fsp3) is 0.250. The van der Waals surface area contributed by atoms with E-state index in [0.29, 0.717) is 27.1 Å². The normalized spacial score (nSPS) is 13.8. The molecule has 0 unspecified atom stereocenters. The SMILES string of the molecule is CC(=O)C1=C(c2ccc(OC(F)F)cc2)N(C(C)=O)n2c(C)nnc2S1. The van der Waals surface area contributed by atoms with Crippen molar-refractivity contribution in [2.45, 2.75) is 32.5 Å². The zero-order chi connectivity index (χ0) is 19.0. The second-order valence-electron chi connectivity index (χ2n) is 5.41. The number of amides is 1. The number of halogens is 2. The molecular weight excluding hydrogens is 366 g/mol. The Hall–Kier alpha value is -2.75. The lowest BCUT2D eigenvalue weighted by Crippen LogP contribution is -2.41. The first kappa shape index (κ1) is 18.1. The molecule has 0 atom stereocenters. The van der Waals surface area contributed by atoms with Crippen LogP contribution in [-0.2, 0) is 9.59 Å². The number of aromatic nitrogens is 3. The fourth-order valence-corrected chi connectivity index (χ4v) is 3.56. The van der Waals surface area contributed by atoms with Gasteiger partial charge in [-0.15, -0.1) is 10.2 Å². The van der Waals surface area contributed by atoms with Crippen molar-refractivity contribution in [3.63, 3.8) is 0 Å². The maximum Gasteiger partial charge on any atom is 0.387 e. The summed E-state index contributed by atoms with van der Waals surface area (Å²) < 4.78 is 30.5. The zero-order valence-corrected chi connectivity index (χ0v) is 14.9. The number of ether oxygens (including phenoxy) is 1. The van der Waals surface area contributed by atoms with Gasteiger partial charge < -0.3 is 4.74 Å². The number of ketones is 1. The van der Waals surface area contributed by atoms with Gasteiger partial charge in [-0.3, -0.25) is 9.59 Å². The number of fused-ring (bicyclic) bond motifs is 1. The number of hydrogen-bond acceptors (Lipinski definition) is 6. The summed E-state index contributed by atoms with van der Waals surface area (Å²) >= 11 is 1.10. The van der Waals surface area contributed by atoms with E-state index < -0.39 is 6.61 Å². The van der Waals surface area contributed by atoms with Crippen LogP contribution in [0.3, 0.4) is 0 Å². The van der Waals surface area contributed by atoms with Crippen LogP contribution in [0.1, 0.15) is 25.2 Å². The van der Waals surface area contributed by atoms with Crippen molar-refractivity contribution in [2.75, 3.05) is 5.01 Å². The number of Topliss-reactive ketones (excluding diaryl/α,β-unsaturated/α-hetero) is 1. The minimum atomic E-state index is -2.94. The van der Waals surface area contributed by atoms with Crippen LogP contribution in [0.25, 0.3) is 5.70 Å². The van der Waals surface area contributed by atoms with Crippen molar-refractivity contribution in [3.05, 3.63) is 40.6 Å². The third-order valence-corrected chi connectivity index (χ3v) is 4.68. The van der Waals surface area contributed by atoms with Crippen LogP contribution in [0.4, 0.5) is 8.78 Å². The molecule has 1 aromatic heterocycles. The Kier molecular flexibility index (Phi) is 4.77. The van der Waals surface area contributed by atoms with Crippen molar-refractivity contribution >= 4 is 29.1 Å². The van der Waals surface area contributed by atoms with E-state index in [1.165, 1.54) is 47.8 Å². The van der Waals surface area contributed by atoms with E-state index in [9.17, 15) is 18.4 Å². The Labute approximate surface area is 151 Å². The number of aryl methyl sites for hydroxylation is 1. The number of benzene rings is 1. The third kappa shape index (κ3) is 3.19. The predicted molar refractivity (Wildman–Crippen MR) is 90.2 cm³/mol. The zero-order valence-electron chi connectivity index (χ0n) is 14.1. The van der Waals surface area contributed by atoms with E-state index in [1.54, 1.807) is 6.92 Å². The summed E-state index contributed by atoms with van der Waals surface area (Å²) in [5, 5.41) is 9.64. The molecule has 0 saturated carbocycles. The molecule has 3 rings (SSSR count). The Bertz CT molecular complexity index is 909. The molecule has 0 aliphatic carbocycles. The van der Waals surface area contributed by atoms with Crippen LogP contribution in [0.15, 0.2) is 34.3 Å². The van der Waals surface area contributed by atoms with E-state index >= 15 is 0 Å². The van der Waals surface area contributed by atoms with E-state index in [4.69, 9.17) is 0 Å². The van der Waals surface area contributed by atoms with Crippen molar-refractivity contribution < 1.29 is 23.1 Å². The van der Waals surface area contributed by atoms with E-state index in [1.807, 2.05) is 0 Å². The van der Waals surface area contributed by atoms with Crippen LogP contribution >= 0.6 is 11.8 Å². The summed E-state index contributed by atoms with van der Waals surface area (Å²) in [5.74, 6) is -0.152.